The lowest BCUT2D eigenvalue weighted by Gasteiger charge is -2.22. The van der Waals surface area contributed by atoms with Crippen molar-refractivity contribution in [1.82, 2.24) is 30.7 Å². The Balaban J connectivity index is 0.00000295. The second kappa shape index (κ2) is 21.1. The first-order chi connectivity index (χ1) is 20.6. The van der Waals surface area contributed by atoms with Gasteiger partial charge in [0.2, 0.25) is 5.91 Å². The summed E-state index contributed by atoms with van der Waals surface area (Å²) in [7, 11) is 0. The smallest absolute Gasteiger partial charge is 0.373 e. The largest absolute Gasteiger partial charge is 0.481 e. The minimum absolute atomic E-state index is 0.00423. The van der Waals surface area contributed by atoms with Crippen LogP contribution in [0.25, 0.3) is 5.69 Å². The molecule has 0 saturated heterocycles. The average Bonchev–Trinajstić information content (AvgIpc) is 3.45. The molecule has 0 aliphatic rings. The van der Waals surface area contributed by atoms with Crippen LogP contribution in [0.1, 0.15) is 62.6 Å². The van der Waals surface area contributed by atoms with Gasteiger partial charge in [0.15, 0.2) is 6.04 Å². The van der Waals surface area contributed by atoms with Gasteiger partial charge in [0.05, 0.1) is 24.3 Å². The Hall–Kier alpha value is -4.69. The molecule has 2 aromatic rings. The fourth-order valence-electron chi connectivity index (χ4n) is 3.83. The number of nitrogens with zero attached hydrogens (tertiary/aromatic N) is 4. The van der Waals surface area contributed by atoms with Gasteiger partial charge in [-0.2, -0.15) is 14.7 Å². The summed E-state index contributed by atoms with van der Waals surface area (Å²) >= 11 is 0. The predicted molar refractivity (Wildman–Crippen MR) is 146 cm³/mol. The number of hydroxylamine groups is 2. The highest BCUT2D eigenvalue weighted by Crippen LogP contribution is 2.12. The van der Waals surface area contributed by atoms with E-state index in [9.17, 15) is 28.8 Å². The molecule has 1 heterocycles. The Morgan fingerprint density at radius 3 is 2.19 bits per heavy atom. The summed E-state index contributed by atoms with van der Waals surface area (Å²) < 4.78 is 14.0. The van der Waals surface area contributed by atoms with Crippen molar-refractivity contribution in [3.8, 4) is 5.69 Å². The number of hydrogen-bond acceptors (Lipinski definition) is 9. The van der Waals surface area contributed by atoms with E-state index >= 15 is 0 Å². The van der Waals surface area contributed by atoms with Crippen LogP contribution in [-0.2, 0) is 36.8 Å². The third-order valence-corrected chi connectivity index (χ3v) is 6.05. The maximum absolute atomic E-state index is 12.3. The first-order valence-electron chi connectivity index (χ1n) is 13.7. The maximum Gasteiger partial charge on any atom is 0.373 e. The zero-order chi connectivity index (χ0) is 32.0. The summed E-state index contributed by atoms with van der Waals surface area (Å²) in [5, 5.41) is 40.9. The van der Waals surface area contributed by atoms with Gasteiger partial charge in [-0.15, -0.1) is 5.10 Å². The molecule has 0 fully saturated rings. The molecule has 1 atom stereocenters. The van der Waals surface area contributed by atoms with Crippen LogP contribution in [0.3, 0.4) is 0 Å². The molecule has 236 valence electrons. The molecule has 1 aromatic heterocycles. The number of alkyl halides is 1. The van der Waals surface area contributed by atoms with Crippen molar-refractivity contribution >= 4 is 30.0 Å². The van der Waals surface area contributed by atoms with Gasteiger partial charge < -0.3 is 20.8 Å². The molecule has 0 saturated carbocycles. The van der Waals surface area contributed by atoms with Crippen molar-refractivity contribution in [2.24, 2.45) is 0 Å². The first-order valence-corrected chi connectivity index (χ1v) is 13.7. The molecule has 15 nitrogen and oxygen atoms in total. The molecule has 0 unspecified atom stereocenters. The van der Waals surface area contributed by atoms with E-state index in [0.29, 0.717) is 51.5 Å². The molecule has 3 amide bonds. The van der Waals surface area contributed by atoms with Crippen LogP contribution in [-0.4, -0.2) is 91.3 Å². The third kappa shape index (κ3) is 15.2. The fraction of sp³-hybridized carbons (Fsp3) is 0.519. The lowest BCUT2D eigenvalue weighted by atomic mass is 10.1. The minimum Gasteiger partial charge on any atom is -0.481 e. The van der Waals surface area contributed by atoms with Crippen LogP contribution in [0.5, 0.6) is 0 Å². The number of rotatable bonds is 19. The molecule has 0 bridgehead atoms. The number of urea groups is 1. The highest BCUT2D eigenvalue weighted by molar-refractivity contribution is 5.82. The SMILES string of the molecule is O=C(O)CC[C@@H](C(=O)O)N(O)C(=O)NCCCCCNC(=O)CCCc1ccc(-n2cc(CCCF)nn2)cc1.O=C=O. The Morgan fingerprint density at radius 1 is 0.930 bits per heavy atom. The number of carboxylic acid groups (broad SMARTS) is 2. The number of unbranched alkanes of at least 4 members (excludes halogenated alkanes) is 2. The van der Waals surface area contributed by atoms with E-state index in [4.69, 9.17) is 19.8 Å². The number of nitrogens with one attached hydrogen (secondary N) is 2. The van der Waals surface area contributed by atoms with Crippen molar-refractivity contribution in [3.05, 3.63) is 41.7 Å². The quantitative estimate of drug-likeness (QED) is 0.0880. The van der Waals surface area contributed by atoms with Crippen molar-refractivity contribution in [2.45, 2.75) is 70.3 Å². The molecule has 16 heteroatoms. The number of aryl methyl sites for hydroxylation is 2. The zero-order valence-corrected chi connectivity index (χ0v) is 23.6. The van der Waals surface area contributed by atoms with Gasteiger partial charge in [0.1, 0.15) is 0 Å². The van der Waals surface area contributed by atoms with E-state index < -0.39 is 36.9 Å². The molecule has 2 rings (SSSR count). The second-order valence-electron chi connectivity index (χ2n) is 9.32. The van der Waals surface area contributed by atoms with Gasteiger partial charge in [0.25, 0.3) is 0 Å². The molecule has 0 radical (unpaired) electrons. The summed E-state index contributed by atoms with van der Waals surface area (Å²) in [5.74, 6) is -2.78. The number of aromatic nitrogens is 3. The van der Waals surface area contributed by atoms with E-state index in [-0.39, 0.29) is 30.3 Å². The Bertz CT molecular complexity index is 1190. The average molecular weight is 609 g/mol. The number of amides is 3. The monoisotopic (exact) mass is 608 g/mol. The fourth-order valence-corrected chi connectivity index (χ4v) is 3.83. The molecular weight excluding hydrogens is 571 g/mol. The van der Waals surface area contributed by atoms with Gasteiger partial charge in [-0.1, -0.05) is 17.3 Å². The maximum atomic E-state index is 12.3. The van der Waals surface area contributed by atoms with Crippen molar-refractivity contribution in [1.29, 1.82) is 0 Å². The highest BCUT2D eigenvalue weighted by atomic mass is 19.1. The molecule has 1 aromatic carbocycles. The van der Waals surface area contributed by atoms with Crippen LogP contribution < -0.4 is 10.6 Å². The van der Waals surface area contributed by atoms with Gasteiger partial charge in [-0.3, -0.25) is 19.2 Å². The normalized spacial score (nSPS) is 10.9. The van der Waals surface area contributed by atoms with E-state index in [1.54, 1.807) is 10.9 Å². The minimum atomic E-state index is -1.65. The van der Waals surface area contributed by atoms with E-state index in [0.717, 1.165) is 23.4 Å². The Morgan fingerprint density at radius 2 is 1.58 bits per heavy atom. The third-order valence-electron chi connectivity index (χ3n) is 6.05. The number of hydrogen-bond donors (Lipinski definition) is 5. The second-order valence-corrected chi connectivity index (χ2v) is 9.32. The van der Waals surface area contributed by atoms with Crippen molar-refractivity contribution < 1.29 is 48.6 Å². The molecular formula is C27H37FN6O9. The number of carbonyl (C=O) groups is 4. The van der Waals surface area contributed by atoms with E-state index in [1.807, 2.05) is 24.3 Å². The van der Waals surface area contributed by atoms with Gasteiger partial charge in [-0.25, -0.2) is 14.3 Å². The van der Waals surface area contributed by atoms with E-state index in [1.165, 1.54) is 0 Å². The van der Waals surface area contributed by atoms with Crippen LogP contribution in [0, 0.1) is 0 Å². The number of aliphatic carboxylic acids is 2. The van der Waals surface area contributed by atoms with Crippen LogP contribution in [0.15, 0.2) is 30.5 Å². The van der Waals surface area contributed by atoms with Gasteiger partial charge in [0, 0.05) is 25.9 Å². The van der Waals surface area contributed by atoms with Crippen LogP contribution in [0.2, 0.25) is 0 Å². The first kappa shape index (κ1) is 36.3. The Labute approximate surface area is 247 Å². The van der Waals surface area contributed by atoms with Gasteiger partial charge in [-0.05, 0) is 69.1 Å². The lowest BCUT2D eigenvalue weighted by Crippen LogP contribution is -2.48. The van der Waals surface area contributed by atoms with Crippen LogP contribution in [0.4, 0.5) is 9.18 Å². The summed E-state index contributed by atoms with van der Waals surface area (Å²) in [6.45, 7) is 0.284. The molecule has 0 aliphatic carbocycles. The topological polar surface area (TPSA) is 221 Å². The zero-order valence-electron chi connectivity index (χ0n) is 23.6. The summed E-state index contributed by atoms with van der Waals surface area (Å²) in [6.07, 6.45) is 5.82. The van der Waals surface area contributed by atoms with Gasteiger partial charge >= 0.3 is 24.1 Å². The van der Waals surface area contributed by atoms with Crippen molar-refractivity contribution in [3.63, 3.8) is 0 Å². The summed E-state index contributed by atoms with van der Waals surface area (Å²) in [6, 6.07) is 5.13. The highest BCUT2D eigenvalue weighted by Gasteiger charge is 2.29. The van der Waals surface area contributed by atoms with E-state index in [2.05, 4.69) is 20.9 Å². The Kier molecular flexibility index (Phi) is 17.8. The molecule has 5 N–H and O–H groups in total. The molecule has 0 spiro atoms. The lowest BCUT2D eigenvalue weighted by molar-refractivity contribution is -0.191. The number of halogens is 1. The standard InChI is InChI=1S/C26H37FN6O7.CO2/c27-15-5-7-20-18-32(31-30-20)21-11-9-19(10-12-21)6-4-8-23(34)28-16-2-1-3-17-29-26(39)33(40)22(25(37)38)13-14-24(35)36;2-1-3/h9-12,18,22,40H,1-8,13-17H2,(H,28,34)(H,29,39)(H,35,36)(H,37,38);/t22-;/m0./s1. The molecule has 43 heavy (non-hydrogen) atoms. The number of carboxylic acids is 2. The van der Waals surface area contributed by atoms with Crippen LogP contribution >= 0.6 is 0 Å². The predicted octanol–water partition coefficient (Wildman–Crippen LogP) is 1.91. The number of benzene rings is 1. The molecule has 0 aliphatic heterocycles. The van der Waals surface area contributed by atoms with Crippen molar-refractivity contribution in [2.75, 3.05) is 19.8 Å². The summed E-state index contributed by atoms with van der Waals surface area (Å²) in [5.41, 5.74) is 2.69. The number of carbonyl (C=O) groups excluding carboxylic acids is 4. The summed E-state index contributed by atoms with van der Waals surface area (Å²) in [4.78, 5) is 62.0.